The van der Waals surface area contributed by atoms with Gasteiger partial charge in [-0.15, -0.1) is 22.7 Å². The van der Waals surface area contributed by atoms with Crippen LogP contribution in [0.15, 0.2) is 184 Å². The number of nitrogens with one attached hydrogen (secondary N) is 5. The number of hydrogen-bond donors (Lipinski definition) is 9. The van der Waals surface area contributed by atoms with Crippen molar-refractivity contribution in [1.82, 2.24) is 70.9 Å². The van der Waals surface area contributed by atoms with E-state index in [9.17, 15) is 82.4 Å². The topological polar surface area (TPSA) is 394 Å². The Bertz CT molecular complexity index is 6200. The number of fused-ring (bicyclic) bond motifs is 3. The molecule has 7 aromatic carbocycles. The quantitative estimate of drug-likeness (QED) is 0.0220. The summed E-state index contributed by atoms with van der Waals surface area (Å²) in [4.78, 5) is 181. The van der Waals surface area contributed by atoms with Gasteiger partial charge in [-0.05, 0) is 161 Å². The van der Waals surface area contributed by atoms with Gasteiger partial charge in [0.2, 0.25) is 53.2 Å². The number of hydrogen-bond acceptors (Lipinski definition) is 20. The van der Waals surface area contributed by atoms with E-state index in [2.05, 4.69) is 68.4 Å². The minimum Gasteiger partial charge on any atom is -0.391 e. The molecule has 5 fully saturated rings. The van der Waals surface area contributed by atoms with Crippen molar-refractivity contribution >= 4 is 125 Å². The molecule has 13 atom stereocenters. The lowest BCUT2D eigenvalue weighted by Crippen LogP contribution is -2.57. The molecule has 9 aromatic rings. The summed E-state index contributed by atoms with van der Waals surface area (Å²) in [5, 5.41) is 56.2. The van der Waals surface area contributed by atoms with Gasteiger partial charge in [-0.3, -0.25) is 57.5 Å². The molecule has 1 aliphatic carbocycles. The number of carbonyl (C=O) groups is 12. The second kappa shape index (κ2) is 48.9. The van der Waals surface area contributed by atoms with Gasteiger partial charge in [0, 0.05) is 123 Å². The van der Waals surface area contributed by atoms with Crippen LogP contribution in [0.1, 0.15) is 227 Å². The third-order valence-corrected chi connectivity index (χ3v) is 31.6. The maximum atomic E-state index is 13.8. The highest BCUT2D eigenvalue weighted by molar-refractivity contribution is 9.10. The molecule has 0 spiro atoms. The highest BCUT2D eigenvalue weighted by atomic mass is 79.9. The Balaban J connectivity index is 0.000000154. The number of likely N-dealkylation sites (tertiary alicyclic amines) is 4. The lowest BCUT2D eigenvalue weighted by atomic mass is 9.84. The number of halogens is 3. The van der Waals surface area contributed by atoms with Crippen molar-refractivity contribution < 1.29 is 82.4 Å². The van der Waals surface area contributed by atoms with E-state index < -0.39 is 89.9 Å². The Morgan fingerprint density at radius 1 is 0.438 bits per heavy atom. The third-order valence-electron chi connectivity index (χ3n) is 28.6. The Kier molecular flexibility index (Phi) is 36.8. The number of thiazole rings is 2. The second-order valence-corrected chi connectivity index (χ2v) is 45.0. The first-order valence-corrected chi connectivity index (χ1v) is 53.7. The number of rotatable bonds is 28. The number of amides is 12. The van der Waals surface area contributed by atoms with Gasteiger partial charge in [-0.25, -0.2) is 14.4 Å². The van der Waals surface area contributed by atoms with Crippen LogP contribution in [-0.4, -0.2) is 235 Å². The fourth-order valence-corrected chi connectivity index (χ4v) is 23.0. The van der Waals surface area contributed by atoms with Crippen molar-refractivity contribution in [1.29, 1.82) is 0 Å². The minimum atomic E-state index is -0.856. The molecule has 9 heterocycles. The number of nitrogens with zero attached hydrogens (tertiary/aromatic N) is 9. The molecule has 0 bridgehead atoms. The fraction of sp³-hybridized carbons (Fsp3) is 0.459. The van der Waals surface area contributed by atoms with Crippen LogP contribution in [0.3, 0.4) is 0 Å². The van der Waals surface area contributed by atoms with E-state index in [4.69, 9.17) is 0 Å². The number of β-amino-alcohol motifs (C(OH)–C–C–N with tert-alkyl or cyclic N) is 4. The summed E-state index contributed by atoms with van der Waals surface area (Å²) < 4.78 is 15.7. The van der Waals surface area contributed by atoms with E-state index in [0.717, 1.165) is 81.0 Å². The molecule has 12 amide bonds. The van der Waals surface area contributed by atoms with Crippen molar-refractivity contribution in [2.75, 3.05) is 26.2 Å². The van der Waals surface area contributed by atoms with E-state index in [0.29, 0.717) is 60.8 Å². The molecule has 8 aliphatic rings. The first kappa shape index (κ1) is 110. The summed E-state index contributed by atoms with van der Waals surface area (Å²) in [5.74, 6) is -3.83. The average Bonchev–Trinajstić information content (AvgIpc) is 1.64. The van der Waals surface area contributed by atoms with Gasteiger partial charge in [0.05, 0.1) is 62.6 Å². The highest BCUT2D eigenvalue weighted by Crippen LogP contribution is 2.39. The zero-order valence-electron chi connectivity index (χ0n) is 84.6. The Morgan fingerprint density at radius 2 is 0.788 bits per heavy atom. The van der Waals surface area contributed by atoms with Gasteiger partial charge in [-0.2, -0.15) is 0 Å². The van der Waals surface area contributed by atoms with Crippen molar-refractivity contribution in [2.24, 2.45) is 29.1 Å². The van der Waals surface area contributed by atoms with Crippen LogP contribution in [0.4, 0.5) is 4.39 Å². The monoisotopic (exact) mass is 2160 g/mol. The Labute approximate surface area is 877 Å². The maximum Gasteiger partial charge on any atom is 0.255 e. The van der Waals surface area contributed by atoms with E-state index in [-0.39, 0.29) is 154 Å². The van der Waals surface area contributed by atoms with E-state index >= 15 is 0 Å². The summed E-state index contributed by atoms with van der Waals surface area (Å²) in [6, 6.07) is 43.3. The van der Waals surface area contributed by atoms with Gasteiger partial charge in [0.25, 0.3) is 17.7 Å². The van der Waals surface area contributed by atoms with Gasteiger partial charge in [-0.1, -0.05) is 235 Å². The number of benzene rings is 7. The molecule has 2 aromatic heterocycles. The standard InChI is InChI=1S/C31H44N4O4S.C29H31FN4O4S.C26H30BrN3O4.C25H28BrN3O4/c1-20-27(40-19-33-20)23-13-10-22(11-14-23)17-32-29(38)25-16-24(36)18-35(25)30(39)28(31(2,3)4)34-26(37)15-12-21-8-6-5-7-9-21;1-16(2)25(34-13-20-10-21(30)8-9-23(20)28(34)37)29(38)33-14-22(35)11-24(33)27(36)31-12-18-4-6-19(7-5-18)26-17(3)32-15-39-26;1-15(2)23(30-13-18-6-4-5-7-21(18)25(30)33)26(34)29-14-20(31)12-22(29)24(32)28-16(3)17-8-10-19(27)11-9-17;1-15(2)22(29-13-17-5-3-4-6-20(17)24(29)32)25(33)28-14-19(30)11-21(28)23(31)27-12-16-7-9-18(26)10-8-16/h10-11,13-14,19,21,24-25,28,36H,5-9,12,15-18H2,1-4H3,(H,32,38)(H,34,37);4-10,15-16,22,24-25,35H,11-14H2,1-3H3,(H,31,36);4-11,15-16,20,22-23,31H,12-14H2,1-3H3,(H,28,32);3-10,15,19,21-22,30H,11-14H2,1-2H3,(H,27,31)/t24-,25+,28-;22-,24+,25+;16-,20+,22-,23-;19-,21+,22+/m1101/s1. The summed E-state index contributed by atoms with van der Waals surface area (Å²) in [5.41, 5.74) is 14.8. The second-order valence-electron chi connectivity index (χ2n) is 41.5. The van der Waals surface area contributed by atoms with Crippen LogP contribution in [0.2, 0.25) is 0 Å². The smallest absolute Gasteiger partial charge is 0.255 e. The lowest BCUT2D eigenvalue weighted by Gasteiger charge is -2.35. The molecule has 7 aliphatic heterocycles. The fourth-order valence-electron chi connectivity index (χ4n) is 20.8. The molecule has 1 saturated carbocycles. The molecule has 0 unspecified atom stereocenters. The zero-order valence-corrected chi connectivity index (χ0v) is 89.4. The number of aromatic nitrogens is 2. The SMILES string of the molecule is CC(C)[C@@H](C(=O)N1C[C@H](O)C[C@H]1C(=O)NCc1ccc(Br)cc1)N1Cc2ccccc2C1=O.CC(C)[C@@H](C(=O)N1C[C@H](O)C[C@H]1C(=O)N[C@@H](C)c1ccc(Br)cc1)N1Cc2ccccc2C1=O.Cc1ncsc1-c1ccc(CNC(=O)[C@@H]2C[C@@H](O)CN2C(=O)[C@@H](NC(=O)CCC2CCCCC2)C(C)(C)C)cc1.Cc1ncsc1-c1ccc(CNC(=O)[C@@H]2C[C@@H](O)CN2C(=O)[C@H](C(C)C)N2Cc3cc(F)ccc3C2=O)cc1. The van der Waals surface area contributed by atoms with E-state index in [1.165, 1.54) is 74.8 Å². The normalized spacial score (nSPS) is 20.6. The number of aryl methyl sites for hydroxylation is 2. The van der Waals surface area contributed by atoms with E-state index in [1.807, 2.05) is 228 Å². The maximum absolute atomic E-state index is 13.8. The molecular weight excluding hydrogens is 2030 g/mol. The zero-order chi connectivity index (χ0) is 105. The van der Waals surface area contributed by atoms with E-state index in [1.54, 1.807) is 44.6 Å². The third kappa shape index (κ3) is 26.5. The Morgan fingerprint density at radius 3 is 1.15 bits per heavy atom. The van der Waals surface area contributed by atoms with Gasteiger partial charge in [0.1, 0.15) is 54.2 Å². The van der Waals surface area contributed by atoms with Crippen LogP contribution >= 0.6 is 54.5 Å². The van der Waals surface area contributed by atoms with Crippen molar-refractivity contribution in [2.45, 2.75) is 272 Å². The summed E-state index contributed by atoms with van der Waals surface area (Å²) in [6.07, 6.45) is 4.76. The summed E-state index contributed by atoms with van der Waals surface area (Å²) in [7, 11) is 0. The first-order valence-electron chi connectivity index (χ1n) is 50.3. The predicted octanol–water partition coefficient (Wildman–Crippen LogP) is 14.1. The first-order chi connectivity index (χ1) is 69.6. The van der Waals surface area contributed by atoms with Gasteiger partial charge in [0.15, 0.2) is 0 Å². The van der Waals surface area contributed by atoms with Crippen LogP contribution < -0.4 is 26.6 Å². The average molecular weight is 2160 g/mol. The van der Waals surface area contributed by atoms with Crippen LogP contribution in [-0.2, 0) is 82.4 Å². The van der Waals surface area contributed by atoms with Crippen molar-refractivity contribution in [3.8, 4) is 20.9 Å². The molecular formula is C111H133Br2FN14O16S2. The van der Waals surface area contributed by atoms with Crippen LogP contribution in [0.25, 0.3) is 20.9 Å². The number of aliphatic hydroxyl groups excluding tert-OH is 4. The molecule has 17 rings (SSSR count). The van der Waals surface area contributed by atoms with Crippen LogP contribution in [0.5, 0.6) is 0 Å². The number of aliphatic hydroxyl groups is 4. The van der Waals surface area contributed by atoms with Crippen molar-refractivity contribution in [3.05, 3.63) is 257 Å². The molecule has 776 valence electrons. The molecule has 35 heteroatoms. The largest absolute Gasteiger partial charge is 0.391 e. The molecule has 30 nitrogen and oxygen atoms in total. The molecule has 9 N–H and O–H groups in total. The molecule has 0 radical (unpaired) electrons. The predicted molar refractivity (Wildman–Crippen MR) is 561 cm³/mol. The lowest BCUT2D eigenvalue weighted by molar-refractivity contribution is -0.144. The summed E-state index contributed by atoms with van der Waals surface area (Å²) in [6.45, 7) is 24.8. The highest BCUT2D eigenvalue weighted by Gasteiger charge is 2.52. The van der Waals surface area contributed by atoms with Gasteiger partial charge >= 0.3 is 0 Å². The van der Waals surface area contributed by atoms with Gasteiger partial charge < -0.3 is 81.3 Å². The molecule has 146 heavy (non-hydrogen) atoms. The van der Waals surface area contributed by atoms with Crippen molar-refractivity contribution in [3.63, 3.8) is 0 Å². The summed E-state index contributed by atoms with van der Waals surface area (Å²) >= 11 is 9.97. The van der Waals surface area contributed by atoms with Crippen LogP contribution in [0, 0.1) is 48.8 Å². The Hall–Kier alpha value is -11.8. The molecule has 4 saturated heterocycles. The number of carbonyl (C=O) groups excluding carboxylic acids is 12. The minimum absolute atomic E-state index is 0.00659.